The molecule has 4 nitrogen and oxygen atoms in total. The fourth-order valence-electron chi connectivity index (χ4n) is 1.27. The van der Waals surface area contributed by atoms with Gasteiger partial charge in [0.1, 0.15) is 5.25 Å². The van der Waals surface area contributed by atoms with Crippen LogP contribution in [0.4, 0.5) is 5.69 Å². The van der Waals surface area contributed by atoms with Gasteiger partial charge in [-0.15, -0.1) is 11.8 Å². The largest absolute Gasteiger partial charge is 0.468 e. The Kier molecular flexibility index (Phi) is 5.71. The molecule has 1 atom stereocenters. The number of anilines is 1. The van der Waals surface area contributed by atoms with Crippen LogP contribution >= 0.6 is 11.8 Å². The lowest BCUT2D eigenvalue weighted by atomic mass is 10.2. The minimum Gasteiger partial charge on any atom is -0.468 e. The highest BCUT2D eigenvalue weighted by Crippen LogP contribution is 2.13. The van der Waals surface area contributed by atoms with E-state index in [1.54, 1.807) is 6.92 Å². The number of nitrogens with one attached hydrogen (secondary N) is 1. The number of carbonyl (C=O) groups is 2. The summed E-state index contributed by atoms with van der Waals surface area (Å²) in [6, 6.07) is 7.56. The highest BCUT2D eigenvalue weighted by atomic mass is 32.2. The number of hydrogen-bond donors (Lipinski definition) is 1. The molecule has 1 aromatic carbocycles. The van der Waals surface area contributed by atoms with Crippen molar-refractivity contribution < 1.29 is 14.3 Å². The van der Waals surface area contributed by atoms with E-state index < -0.39 is 0 Å². The molecule has 0 fully saturated rings. The van der Waals surface area contributed by atoms with E-state index in [4.69, 9.17) is 0 Å². The second-order valence-corrected chi connectivity index (χ2v) is 5.22. The summed E-state index contributed by atoms with van der Waals surface area (Å²) < 4.78 is 4.58. The third-order valence-corrected chi connectivity index (χ3v) is 3.45. The lowest BCUT2D eigenvalue weighted by molar-refractivity contribution is -0.139. The van der Waals surface area contributed by atoms with Gasteiger partial charge in [-0.25, -0.2) is 0 Å². The number of thioether (sulfide) groups is 1. The van der Waals surface area contributed by atoms with E-state index in [-0.39, 0.29) is 22.9 Å². The van der Waals surface area contributed by atoms with Crippen molar-refractivity contribution >= 4 is 29.3 Å². The molecule has 1 aromatic rings. The van der Waals surface area contributed by atoms with Gasteiger partial charge in [0.25, 0.3) is 0 Å². The molecule has 0 saturated heterocycles. The van der Waals surface area contributed by atoms with Crippen molar-refractivity contribution in [2.45, 2.75) is 19.1 Å². The molecular formula is C13H17NO3S. The molecule has 0 aliphatic heterocycles. The lowest BCUT2D eigenvalue weighted by Crippen LogP contribution is -2.20. The van der Waals surface area contributed by atoms with Crippen LogP contribution in [-0.2, 0) is 14.3 Å². The maximum absolute atomic E-state index is 11.6. The van der Waals surface area contributed by atoms with E-state index in [1.807, 2.05) is 31.2 Å². The molecule has 0 bridgehead atoms. The molecule has 1 N–H and O–H groups in total. The number of rotatable bonds is 5. The number of benzene rings is 1. The second kappa shape index (κ2) is 7.06. The number of esters is 1. The smallest absolute Gasteiger partial charge is 0.318 e. The first-order valence-electron chi connectivity index (χ1n) is 5.59. The zero-order valence-corrected chi connectivity index (χ0v) is 11.5. The van der Waals surface area contributed by atoms with Gasteiger partial charge in [0, 0.05) is 5.69 Å². The van der Waals surface area contributed by atoms with Crippen molar-refractivity contribution in [1.29, 1.82) is 0 Å². The van der Waals surface area contributed by atoms with Gasteiger partial charge in [0.15, 0.2) is 0 Å². The molecule has 1 amide bonds. The molecule has 0 aromatic heterocycles. The highest BCUT2D eigenvalue weighted by Gasteiger charge is 2.15. The normalized spacial score (nSPS) is 11.7. The summed E-state index contributed by atoms with van der Waals surface area (Å²) in [5, 5.41) is 2.44. The highest BCUT2D eigenvalue weighted by molar-refractivity contribution is 8.01. The minimum absolute atomic E-state index is 0.125. The predicted octanol–water partition coefficient (Wildman–Crippen LogP) is 2.23. The van der Waals surface area contributed by atoms with E-state index >= 15 is 0 Å². The van der Waals surface area contributed by atoms with Crippen LogP contribution in [0.5, 0.6) is 0 Å². The first kappa shape index (κ1) is 14.6. The summed E-state index contributed by atoms with van der Waals surface area (Å²) in [5.41, 5.74) is 1.90. The first-order chi connectivity index (χ1) is 8.52. The topological polar surface area (TPSA) is 55.4 Å². The molecule has 98 valence electrons. The van der Waals surface area contributed by atoms with Gasteiger partial charge in [0.05, 0.1) is 12.9 Å². The molecule has 0 aliphatic carbocycles. The summed E-state index contributed by atoms with van der Waals surface area (Å²) in [6.07, 6.45) is 0. The Hall–Kier alpha value is -1.49. The SMILES string of the molecule is COC(=O)C(C)SCC(=O)Nc1ccc(C)cc1. The Balaban J connectivity index is 2.38. The third-order valence-electron chi connectivity index (χ3n) is 2.33. The fourth-order valence-corrected chi connectivity index (χ4v) is 1.97. The van der Waals surface area contributed by atoms with E-state index in [9.17, 15) is 9.59 Å². The molecule has 0 saturated carbocycles. The molecular weight excluding hydrogens is 250 g/mol. The molecule has 5 heteroatoms. The summed E-state index contributed by atoms with van der Waals surface area (Å²) in [6.45, 7) is 3.70. The Bertz CT molecular complexity index is 417. The van der Waals surface area contributed by atoms with Gasteiger partial charge in [-0.05, 0) is 26.0 Å². The summed E-state index contributed by atoms with van der Waals surface area (Å²) in [4.78, 5) is 22.8. The predicted molar refractivity (Wildman–Crippen MR) is 73.7 cm³/mol. The molecule has 0 spiro atoms. The molecule has 0 radical (unpaired) electrons. The van der Waals surface area contributed by atoms with Crippen LogP contribution in [-0.4, -0.2) is 30.0 Å². The van der Waals surface area contributed by atoms with E-state index in [0.717, 1.165) is 11.3 Å². The zero-order chi connectivity index (χ0) is 13.5. The summed E-state index contributed by atoms with van der Waals surface area (Å²) >= 11 is 1.25. The van der Waals surface area contributed by atoms with Gasteiger partial charge >= 0.3 is 5.97 Å². The lowest BCUT2D eigenvalue weighted by Gasteiger charge is -2.09. The van der Waals surface area contributed by atoms with Crippen LogP contribution < -0.4 is 5.32 Å². The number of carbonyl (C=O) groups excluding carboxylic acids is 2. The Morgan fingerprint density at radius 2 is 1.94 bits per heavy atom. The summed E-state index contributed by atoms with van der Waals surface area (Å²) in [5.74, 6) is -0.216. The molecule has 1 rings (SSSR count). The maximum atomic E-state index is 11.6. The molecule has 18 heavy (non-hydrogen) atoms. The van der Waals surface area contributed by atoms with Gasteiger partial charge in [-0.3, -0.25) is 9.59 Å². The molecule has 1 unspecified atom stereocenters. The number of aryl methyl sites for hydroxylation is 1. The second-order valence-electron chi connectivity index (χ2n) is 3.89. The average Bonchev–Trinajstić information content (AvgIpc) is 2.37. The van der Waals surface area contributed by atoms with E-state index in [1.165, 1.54) is 18.9 Å². The van der Waals surface area contributed by atoms with E-state index in [2.05, 4.69) is 10.1 Å². The fraction of sp³-hybridized carbons (Fsp3) is 0.385. The molecule has 0 aliphatic rings. The van der Waals surface area contributed by atoms with Gasteiger partial charge in [0.2, 0.25) is 5.91 Å². The van der Waals surface area contributed by atoms with Crippen molar-refractivity contribution in [3.8, 4) is 0 Å². The van der Waals surface area contributed by atoms with Crippen LogP contribution in [0.25, 0.3) is 0 Å². The van der Waals surface area contributed by atoms with E-state index in [0.29, 0.717) is 0 Å². The minimum atomic E-state index is -0.334. The third kappa shape index (κ3) is 4.79. The van der Waals surface area contributed by atoms with Crippen LogP contribution in [0.1, 0.15) is 12.5 Å². The Labute approximate surface area is 111 Å². The quantitative estimate of drug-likeness (QED) is 0.831. The Morgan fingerprint density at radius 3 is 2.50 bits per heavy atom. The van der Waals surface area contributed by atoms with Crippen molar-refractivity contribution in [2.24, 2.45) is 0 Å². The number of methoxy groups -OCH3 is 1. The average molecular weight is 267 g/mol. The zero-order valence-electron chi connectivity index (χ0n) is 10.7. The van der Waals surface area contributed by atoms with Crippen molar-refractivity contribution in [1.82, 2.24) is 0 Å². The van der Waals surface area contributed by atoms with Gasteiger partial charge in [-0.1, -0.05) is 17.7 Å². The van der Waals surface area contributed by atoms with Crippen LogP contribution in [0, 0.1) is 6.92 Å². The van der Waals surface area contributed by atoms with Crippen LogP contribution in [0.3, 0.4) is 0 Å². The number of hydrogen-bond acceptors (Lipinski definition) is 4. The van der Waals surface area contributed by atoms with Crippen LogP contribution in [0.2, 0.25) is 0 Å². The van der Waals surface area contributed by atoms with Crippen molar-refractivity contribution in [3.63, 3.8) is 0 Å². The first-order valence-corrected chi connectivity index (χ1v) is 6.63. The summed E-state index contributed by atoms with van der Waals surface area (Å²) in [7, 11) is 1.34. The van der Waals surface area contributed by atoms with Gasteiger partial charge < -0.3 is 10.1 Å². The maximum Gasteiger partial charge on any atom is 0.318 e. The van der Waals surface area contributed by atoms with Crippen molar-refractivity contribution in [3.05, 3.63) is 29.8 Å². The van der Waals surface area contributed by atoms with Crippen LogP contribution in [0.15, 0.2) is 24.3 Å². The van der Waals surface area contributed by atoms with Gasteiger partial charge in [-0.2, -0.15) is 0 Å². The standard InChI is InChI=1S/C13H17NO3S/c1-9-4-6-11(7-5-9)14-12(15)8-18-10(2)13(16)17-3/h4-7,10H,8H2,1-3H3,(H,14,15). The monoisotopic (exact) mass is 267 g/mol. The number of ether oxygens (including phenoxy) is 1. The Morgan fingerprint density at radius 1 is 1.33 bits per heavy atom. The van der Waals surface area contributed by atoms with Crippen molar-refractivity contribution in [2.75, 3.05) is 18.2 Å². The number of amides is 1. The molecule has 0 heterocycles.